The molecule has 0 radical (unpaired) electrons. The summed E-state index contributed by atoms with van der Waals surface area (Å²) in [6.45, 7) is 5.73. The van der Waals surface area contributed by atoms with Gasteiger partial charge in [0.05, 0.1) is 6.61 Å². The molecule has 160 valence electrons. The topological polar surface area (TPSA) is 36.0 Å². The second-order valence-corrected chi connectivity index (χ2v) is 8.60. The zero-order valence-corrected chi connectivity index (χ0v) is 18.4. The van der Waals surface area contributed by atoms with Crippen molar-refractivity contribution in [3.8, 4) is 5.75 Å². The Kier molecular flexibility index (Phi) is 6.28. The molecule has 0 aliphatic carbocycles. The highest BCUT2D eigenvalue weighted by Crippen LogP contribution is 2.30. The van der Waals surface area contributed by atoms with Gasteiger partial charge in [0.25, 0.3) is 5.91 Å². The number of amides is 1. The number of ether oxygens (including phenoxy) is 1. The molecular weight excluding hydrogens is 374 g/mol. The van der Waals surface area contributed by atoms with Crippen molar-refractivity contribution in [2.75, 3.05) is 50.1 Å². The molecule has 1 amide bonds. The molecule has 5 heteroatoms. The Morgan fingerprint density at radius 2 is 1.83 bits per heavy atom. The maximum Gasteiger partial charge on any atom is 0.258 e. The van der Waals surface area contributed by atoms with E-state index in [9.17, 15) is 4.79 Å². The monoisotopic (exact) mass is 407 g/mol. The summed E-state index contributed by atoms with van der Waals surface area (Å²) in [5, 5.41) is 0. The Morgan fingerprint density at radius 3 is 2.53 bits per heavy atom. The second-order valence-electron chi connectivity index (χ2n) is 8.60. The first-order valence-electron chi connectivity index (χ1n) is 11.2. The number of carbonyl (C=O) groups is 1. The first-order chi connectivity index (χ1) is 14.6. The number of likely N-dealkylation sites (N-methyl/N-ethyl adjacent to an activating group) is 1. The lowest BCUT2D eigenvalue weighted by atomic mass is 9.98. The summed E-state index contributed by atoms with van der Waals surface area (Å²) in [5.41, 5.74) is 4.10. The summed E-state index contributed by atoms with van der Waals surface area (Å²) in [4.78, 5) is 19.8. The first-order valence-corrected chi connectivity index (χ1v) is 11.2. The van der Waals surface area contributed by atoms with Gasteiger partial charge in [-0.25, -0.2) is 0 Å². The van der Waals surface area contributed by atoms with E-state index in [4.69, 9.17) is 4.74 Å². The highest BCUT2D eigenvalue weighted by molar-refractivity contribution is 6.08. The number of rotatable bonds is 7. The van der Waals surface area contributed by atoms with E-state index in [2.05, 4.69) is 55.1 Å². The van der Waals surface area contributed by atoms with E-state index in [1.54, 1.807) is 0 Å². The quantitative estimate of drug-likeness (QED) is 0.644. The van der Waals surface area contributed by atoms with Crippen molar-refractivity contribution in [1.29, 1.82) is 0 Å². The Bertz CT molecular complexity index is 878. The molecule has 5 nitrogen and oxygen atoms in total. The average Bonchev–Trinajstić information content (AvgIpc) is 3.25. The fourth-order valence-electron chi connectivity index (χ4n) is 4.38. The average molecular weight is 408 g/mol. The molecule has 1 unspecified atom stereocenters. The molecule has 0 saturated carbocycles. The molecule has 2 aromatic rings. The molecule has 0 aromatic heterocycles. The van der Waals surface area contributed by atoms with Crippen LogP contribution >= 0.6 is 0 Å². The molecule has 2 heterocycles. The third kappa shape index (κ3) is 4.31. The number of unbranched alkanes of at least 4 members (excludes halogenated alkanes) is 1. The zero-order chi connectivity index (χ0) is 21.1. The molecule has 0 spiro atoms. The van der Waals surface area contributed by atoms with E-state index in [-0.39, 0.29) is 5.91 Å². The zero-order valence-electron chi connectivity index (χ0n) is 18.4. The van der Waals surface area contributed by atoms with Crippen LogP contribution in [0, 0.1) is 0 Å². The number of benzene rings is 2. The molecule has 1 fully saturated rings. The van der Waals surface area contributed by atoms with Gasteiger partial charge in [-0.1, -0.05) is 13.3 Å². The molecule has 4 rings (SSSR count). The van der Waals surface area contributed by atoms with Gasteiger partial charge in [0.1, 0.15) is 5.75 Å². The maximum absolute atomic E-state index is 13.1. The van der Waals surface area contributed by atoms with Crippen molar-refractivity contribution < 1.29 is 9.53 Å². The van der Waals surface area contributed by atoms with Crippen LogP contribution < -0.4 is 14.5 Å². The lowest BCUT2D eigenvalue weighted by Crippen LogP contribution is -2.37. The highest BCUT2D eigenvalue weighted by Gasteiger charge is 2.27. The van der Waals surface area contributed by atoms with Crippen molar-refractivity contribution in [3.63, 3.8) is 0 Å². The lowest BCUT2D eigenvalue weighted by molar-refractivity contribution is 0.0980. The highest BCUT2D eigenvalue weighted by atomic mass is 16.5. The number of fused-ring (bicyclic) bond motifs is 1. The Hall–Kier alpha value is -2.53. The van der Waals surface area contributed by atoms with Crippen LogP contribution in [0.4, 0.5) is 11.4 Å². The van der Waals surface area contributed by atoms with Crippen molar-refractivity contribution in [1.82, 2.24) is 4.90 Å². The second kappa shape index (κ2) is 9.09. The van der Waals surface area contributed by atoms with Crippen LogP contribution in [-0.4, -0.2) is 57.2 Å². The minimum absolute atomic E-state index is 0.0814. The number of nitrogens with zero attached hydrogens (tertiary/aromatic N) is 3. The summed E-state index contributed by atoms with van der Waals surface area (Å²) in [6, 6.07) is 15.0. The normalized spacial score (nSPS) is 18.8. The van der Waals surface area contributed by atoms with Gasteiger partial charge >= 0.3 is 0 Å². The van der Waals surface area contributed by atoms with E-state index in [0.717, 1.165) is 61.5 Å². The van der Waals surface area contributed by atoms with Crippen LogP contribution in [0.2, 0.25) is 0 Å². The van der Waals surface area contributed by atoms with Crippen LogP contribution in [0.5, 0.6) is 5.75 Å². The van der Waals surface area contributed by atoms with Gasteiger partial charge in [0.15, 0.2) is 0 Å². The number of anilines is 2. The SMILES string of the molecule is CCCCOc1ccc2c(c1)CCN(c1ccc(N3CCC(N(C)C)C3)cc1)C2=O. The standard InChI is InChI=1S/C25H33N3O2/c1-4-5-16-30-23-10-11-24-19(17-23)12-15-28(25(24)29)21-8-6-20(7-9-21)27-14-13-22(18-27)26(2)3/h6-11,17,22H,4-5,12-16,18H2,1-3H3. The summed E-state index contributed by atoms with van der Waals surface area (Å²) in [5.74, 6) is 0.951. The fourth-order valence-corrected chi connectivity index (χ4v) is 4.38. The molecular formula is C25H33N3O2. The van der Waals surface area contributed by atoms with Gasteiger partial charge in [0, 0.05) is 42.6 Å². The van der Waals surface area contributed by atoms with Crippen LogP contribution in [0.1, 0.15) is 42.1 Å². The van der Waals surface area contributed by atoms with Gasteiger partial charge in [-0.05, 0) is 81.4 Å². The third-order valence-corrected chi connectivity index (χ3v) is 6.34. The van der Waals surface area contributed by atoms with Crippen LogP contribution in [-0.2, 0) is 6.42 Å². The lowest BCUT2D eigenvalue weighted by Gasteiger charge is -2.29. The van der Waals surface area contributed by atoms with Gasteiger partial charge in [-0.15, -0.1) is 0 Å². The molecule has 30 heavy (non-hydrogen) atoms. The predicted octanol–water partition coefficient (Wildman–Crippen LogP) is 4.21. The van der Waals surface area contributed by atoms with Gasteiger partial charge < -0.3 is 19.4 Å². The molecule has 0 N–H and O–H groups in total. The number of carbonyl (C=O) groups excluding carboxylic acids is 1. The predicted molar refractivity (Wildman–Crippen MR) is 123 cm³/mol. The Balaban J connectivity index is 1.44. The van der Waals surface area contributed by atoms with Crippen molar-refractivity contribution >= 4 is 17.3 Å². The first kappa shape index (κ1) is 20.7. The largest absolute Gasteiger partial charge is 0.494 e. The molecule has 1 saturated heterocycles. The number of hydrogen-bond acceptors (Lipinski definition) is 4. The van der Waals surface area contributed by atoms with E-state index in [1.807, 2.05) is 23.1 Å². The fraction of sp³-hybridized carbons (Fsp3) is 0.480. The molecule has 2 aromatic carbocycles. The van der Waals surface area contributed by atoms with Crippen LogP contribution in [0.25, 0.3) is 0 Å². The minimum atomic E-state index is 0.0814. The molecule has 2 aliphatic heterocycles. The summed E-state index contributed by atoms with van der Waals surface area (Å²) >= 11 is 0. The Morgan fingerprint density at radius 1 is 1.07 bits per heavy atom. The van der Waals surface area contributed by atoms with Gasteiger partial charge in [-0.3, -0.25) is 4.79 Å². The van der Waals surface area contributed by atoms with E-state index in [0.29, 0.717) is 12.6 Å². The molecule has 0 bridgehead atoms. The summed E-state index contributed by atoms with van der Waals surface area (Å²) in [6.07, 6.45) is 4.21. The van der Waals surface area contributed by atoms with Crippen molar-refractivity contribution in [3.05, 3.63) is 53.6 Å². The third-order valence-electron chi connectivity index (χ3n) is 6.34. The van der Waals surface area contributed by atoms with Crippen LogP contribution in [0.15, 0.2) is 42.5 Å². The van der Waals surface area contributed by atoms with E-state index >= 15 is 0 Å². The van der Waals surface area contributed by atoms with Gasteiger partial charge in [0.2, 0.25) is 0 Å². The van der Waals surface area contributed by atoms with E-state index in [1.165, 1.54) is 12.1 Å². The minimum Gasteiger partial charge on any atom is -0.494 e. The molecule has 2 aliphatic rings. The summed E-state index contributed by atoms with van der Waals surface area (Å²) < 4.78 is 5.81. The van der Waals surface area contributed by atoms with Gasteiger partial charge in [-0.2, -0.15) is 0 Å². The van der Waals surface area contributed by atoms with E-state index < -0.39 is 0 Å². The maximum atomic E-state index is 13.1. The Labute approximate surface area is 180 Å². The van der Waals surface area contributed by atoms with Crippen molar-refractivity contribution in [2.45, 2.75) is 38.6 Å². The smallest absolute Gasteiger partial charge is 0.258 e. The van der Waals surface area contributed by atoms with Crippen molar-refractivity contribution in [2.24, 2.45) is 0 Å². The van der Waals surface area contributed by atoms with Crippen LogP contribution in [0.3, 0.4) is 0 Å². The summed E-state index contributed by atoms with van der Waals surface area (Å²) in [7, 11) is 4.30. The number of hydrogen-bond donors (Lipinski definition) is 0. The molecule has 1 atom stereocenters.